The van der Waals surface area contributed by atoms with Crippen molar-refractivity contribution >= 4 is 11.9 Å². The fraction of sp³-hybridized carbons (Fsp3) is 0.910. The summed E-state index contributed by atoms with van der Waals surface area (Å²) >= 11 is 0. The smallest absolute Gasteiger partial charge is 0.305 e. The number of amides is 1. The first-order valence-electron chi connectivity index (χ1n) is 33.1. The number of rotatable bonds is 62. The summed E-state index contributed by atoms with van der Waals surface area (Å²) in [6.45, 7) is 4.96. The molecule has 2 unspecified atom stereocenters. The number of allylic oxidation sites excluding steroid dienone is 4. The van der Waals surface area contributed by atoms with Crippen LogP contribution in [0, 0.1) is 0 Å². The molecule has 3 N–H and O–H groups in total. The molecule has 0 rings (SSSR count). The van der Waals surface area contributed by atoms with Crippen LogP contribution in [0.3, 0.4) is 0 Å². The minimum absolute atomic E-state index is 0.000900. The molecule has 0 aromatic carbocycles. The van der Waals surface area contributed by atoms with E-state index in [2.05, 4.69) is 43.5 Å². The second-order valence-electron chi connectivity index (χ2n) is 22.8. The van der Waals surface area contributed by atoms with Gasteiger partial charge < -0.3 is 20.3 Å². The molecule has 6 nitrogen and oxygen atoms in total. The van der Waals surface area contributed by atoms with Gasteiger partial charge in [-0.3, -0.25) is 9.59 Å². The third kappa shape index (κ3) is 59.4. The Morgan fingerprint density at radius 3 is 0.973 bits per heavy atom. The maximum Gasteiger partial charge on any atom is 0.305 e. The van der Waals surface area contributed by atoms with Crippen molar-refractivity contribution in [2.24, 2.45) is 0 Å². The SMILES string of the molecule is CCCCCCCC/C=C\CCCCCCCC(=O)OCCCCCCCCCCC/C=C\CCCCCCCCCC(=O)NC(CO)C(O)CCCCCCCCCCCCCCCCCCCCCCC. The van der Waals surface area contributed by atoms with Crippen molar-refractivity contribution in [2.75, 3.05) is 13.2 Å². The summed E-state index contributed by atoms with van der Waals surface area (Å²) in [6, 6.07) is -0.549. The molecule has 0 saturated heterocycles. The minimum Gasteiger partial charge on any atom is -0.466 e. The van der Waals surface area contributed by atoms with Gasteiger partial charge in [0.25, 0.3) is 0 Å². The van der Waals surface area contributed by atoms with E-state index in [0.29, 0.717) is 25.9 Å². The predicted molar refractivity (Wildman–Crippen MR) is 320 cm³/mol. The van der Waals surface area contributed by atoms with Gasteiger partial charge in [-0.15, -0.1) is 0 Å². The van der Waals surface area contributed by atoms with Gasteiger partial charge in [0.15, 0.2) is 0 Å². The first-order valence-corrected chi connectivity index (χ1v) is 33.1. The fourth-order valence-electron chi connectivity index (χ4n) is 10.4. The van der Waals surface area contributed by atoms with E-state index in [4.69, 9.17) is 4.74 Å². The molecule has 0 aromatic rings. The molecular weight excluding hydrogens is 899 g/mol. The molecule has 432 valence electrons. The Labute approximate surface area is 456 Å². The number of ether oxygens (including phenoxy) is 1. The van der Waals surface area contributed by atoms with Crippen molar-refractivity contribution in [3.63, 3.8) is 0 Å². The molecule has 0 aliphatic heterocycles. The molecule has 0 spiro atoms. The highest BCUT2D eigenvalue weighted by molar-refractivity contribution is 5.76. The van der Waals surface area contributed by atoms with E-state index < -0.39 is 12.1 Å². The van der Waals surface area contributed by atoms with E-state index >= 15 is 0 Å². The third-order valence-electron chi connectivity index (χ3n) is 15.5. The van der Waals surface area contributed by atoms with Gasteiger partial charge in [-0.2, -0.15) is 0 Å². The van der Waals surface area contributed by atoms with Gasteiger partial charge in [0.05, 0.1) is 25.4 Å². The first kappa shape index (κ1) is 71.3. The van der Waals surface area contributed by atoms with Gasteiger partial charge in [-0.25, -0.2) is 0 Å². The number of aliphatic hydroxyl groups excluding tert-OH is 2. The zero-order chi connectivity index (χ0) is 52.9. The highest BCUT2D eigenvalue weighted by atomic mass is 16.5. The van der Waals surface area contributed by atoms with Crippen LogP contribution in [0.2, 0.25) is 0 Å². The van der Waals surface area contributed by atoms with Gasteiger partial charge >= 0.3 is 5.97 Å². The molecule has 0 heterocycles. The molecule has 0 aromatic heterocycles. The second-order valence-corrected chi connectivity index (χ2v) is 22.8. The van der Waals surface area contributed by atoms with Crippen molar-refractivity contribution in [2.45, 2.75) is 379 Å². The van der Waals surface area contributed by atoms with E-state index in [1.807, 2.05) is 0 Å². The zero-order valence-electron chi connectivity index (χ0n) is 49.4. The van der Waals surface area contributed by atoms with Gasteiger partial charge in [0.1, 0.15) is 0 Å². The molecule has 2 atom stereocenters. The Hall–Kier alpha value is -1.66. The molecule has 0 fully saturated rings. The van der Waals surface area contributed by atoms with Gasteiger partial charge in [-0.05, 0) is 77.0 Å². The molecule has 0 radical (unpaired) electrons. The largest absolute Gasteiger partial charge is 0.466 e. The second kappa shape index (κ2) is 62.9. The zero-order valence-corrected chi connectivity index (χ0v) is 49.4. The number of hydrogen-bond donors (Lipinski definition) is 3. The van der Waals surface area contributed by atoms with Crippen LogP contribution in [0.4, 0.5) is 0 Å². The Balaban J connectivity index is 3.43. The van der Waals surface area contributed by atoms with Crippen LogP contribution in [-0.2, 0) is 14.3 Å². The Morgan fingerprint density at radius 1 is 0.370 bits per heavy atom. The molecule has 0 saturated carbocycles. The van der Waals surface area contributed by atoms with Crippen molar-refractivity contribution < 1.29 is 24.5 Å². The van der Waals surface area contributed by atoms with Crippen molar-refractivity contribution in [3.05, 3.63) is 24.3 Å². The minimum atomic E-state index is -0.671. The third-order valence-corrected chi connectivity index (χ3v) is 15.5. The molecule has 0 aliphatic rings. The number of esters is 1. The summed E-state index contributed by atoms with van der Waals surface area (Å²) in [5, 5.41) is 23.4. The monoisotopic (exact) mass is 1030 g/mol. The normalized spacial score (nSPS) is 12.7. The topological polar surface area (TPSA) is 95.9 Å². The van der Waals surface area contributed by atoms with Crippen LogP contribution in [0.1, 0.15) is 367 Å². The van der Waals surface area contributed by atoms with E-state index in [1.54, 1.807) is 0 Å². The first-order chi connectivity index (χ1) is 36.0. The Bertz CT molecular complexity index is 1140. The van der Waals surface area contributed by atoms with E-state index in [0.717, 1.165) is 44.9 Å². The van der Waals surface area contributed by atoms with Crippen LogP contribution in [-0.4, -0.2) is 47.4 Å². The van der Waals surface area contributed by atoms with Crippen LogP contribution in [0.25, 0.3) is 0 Å². The highest BCUT2D eigenvalue weighted by Gasteiger charge is 2.20. The average molecular weight is 1030 g/mol. The number of carbonyl (C=O) groups is 2. The lowest BCUT2D eigenvalue weighted by atomic mass is 10.0. The van der Waals surface area contributed by atoms with E-state index in [1.165, 1.54) is 289 Å². The van der Waals surface area contributed by atoms with Crippen LogP contribution >= 0.6 is 0 Å². The van der Waals surface area contributed by atoms with Crippen LogP contribution < -0.4 is 5.32 Å². The summed E-state index contributed by atoms with van der Waals surface area (Å²) in [5.74, 6) is -0.0410. The average Bonchev–Trinajstić information content (AvgIpc) is 3.39. The van der Waals surface area contributed by atoms with Crippen molar-refractivity contribution in [3.8, 4) is 0 Å². The molecule has 6 heteroatoms. The van der Waals surface area contributed by atoms with Crippen LogP contribution in [0.5, 0.6) is 0 Å². The molecule has 0 bridgehead atoms. The number of carbonyl (C=O) groups excluding carboxylic acids is 2. The van der Waals surface area contributed by atoms with E-state index in [-0.39, 0.29) is 18.5 Å². The lowest BCUT2D eigenvalue weighted by Crippen LogP contribution is -2.45. The summed E-state index contributed by atoms with van der Waals surface area (Å²) in [4.78, 5) is 24.6. The maximum absolute atomic E-state index is 12.5. The molecule has 1 amide bonds. The molecule has 0 aliphatic carbocycles. The Kier molecular flexibility index (Phi) is 61.4. The van der Waals surface area contributed by atoms with Gasteiger partial charge in [0, 0.05) is 12.8 Å². The highest BCUT2D eigenvalue weighted by Crippen LogP contribution is 2.18. The quantitative estimate of drug-likeness (QED) is 0.0320. The van der Waals surface area contributed by atoms with E-state index in [9.17, 15) is 19.8 Å². The molecular formula is C67H129NO5. The number of unbranched alkanes of at least 4 members (excludes halogenated alkanes) is 47. The lowest BCUT2D eigenvalue weighted by Gasteiger charge is -2.22. The number of aliphatic hydroxyl groups is 2. The summed E-state index contributed by atoms with van der Waals surface area (Å²) in [7, 11) is 0. The van der Waals surface area contributed by atoms with Crippen LogP contribution in [0.15, 0.2) is 24.3 Å². The number of hydrogen-bond acceptors (Lipinski definition) is 5. The lowest BCUT2D eigenvalue weighted by molar-refractivity contribution is -0.143. The maximum atomic E-state index is 12.5. The standard InChI is InChI=1S/C67H129NO5/c1-3-5-7-9-11-13-15-17-19-20-21-22-25-28-32-35-39-43-47-51-55-59-65(70)64(63-69)68-66(71)60-56-52-48-44-40-36-33-29-26-23-24-27-30-34-38-42-46-50-54-58-62-73-67(72)61-57-53-49-45-41-37-31-18-16-14-12-10-8-6-4-2/h18,23,26,31,64-65,69-70H,3-17,19-22,24-25,27-30,32-63H2,1-2H3,(H,68,71)/b26-23-,31-18-. The number of nitrogens with one attached hydrogen (secondary N) is 1. The van der Waals surface area contributed by atoms with Crippen molar-refractivity contribution in [1.82, 2.24) is 5.32 Å². The van der Waals surface area contributed by atoms with Gasteiger partial charge in [0.2, 0.25) is 5.91 Å². The van der Waals surface area contributed by atoms with Crippen molar-refractivity contribution in [1.29, 1.82) is 0 Å². The summed E-state index contributed by atoms with van der Waals surface area (Å²) < 4.78 is 5.48. The Morgan fingerprint density at radius 2 is 0.644 bits per heavy atom. The summed E-state index contributed by atoms with van der Waals surface area (Å²) in [5.41, 5.74) is 0. The predicted octanol–water partition coefficient (Wildman–Crippen LogP) is 21.0. The summed E-state index contributed by atoms with van der Waals surface area (Å²) in [6.07, 6.45) is 77.7. The van der Waals surface area contributed by atoms with Gasteiger partial charge in [-0.1, -0.05) is 301 Å². The molecule has 73 heavy (non-hydrogen) atoms. The fourth-order valence-corrected chi connectivity index (χ4v) is 10.4.